The van der Waals surface area contributed by atoms with E-state index in [-0.39, 0.29) is 12.6 Å². The van der Waals surface area contributed by atoms with Crippen LogP contribution in [0.1, 0.15) is 13.8 Å². The van der Waals surface area contributed by atoms with Crippen molar-refractivity contribution in [3.05, 3.63) is 30.5 Å². The predicted molar refractivity (Wildman–Crippen MR) is 76.2 cm³/mol. The number of nitrogens with one attached hydrogen (secondary N) is 2. The molecule has 19 heavy (non-hydrogen) atoms. The van der Waals surface area contributed by atoms with Crippen LogP contribution in [-0.4, -0.2) is 27.9 Å². The molecule has 2 aromatic rings. The van der Waals surface area contributed by atoms with Crippen molar-refractivity contribution in [3.8, 4) is 0 Å². The number of aliphatic hydroxyl groups excluding tert-OH is 1. The number of carbonyl (C=O) groups is 1. The smallest absolute Gasteiger partial charge is 0.319 e. The van der Waals surface area contributed by atoms with Crippen molar-refractivity contribution in [1.29, 1.82) is 0 Å². The maximum atomic E-state index is 11.9. The topological polar surface area (TPSA) is 66.3 Å². The van der Waals surface area contributed by atoms with Crippen molar-refractivity contribution in [2.45, 2.75) is 19.4 Å². The summed E-state index contributed by atoms with van der Waals surface area (Å²) < 4.78 is 1.96. The summed E-state index contributed by atoms with van der Waals surface area (Å²) in [7, 11) is 1.93. The van der Waals surface area contributed by atoms with Gasteiger partial charge >= 0.3 is 6.03 Å². The zero-order chi connectivity index (χ0) is 14.0. The van der Waals surface area contributed by atoms with Crippen molar-refractivity contribution in [3.63, 3.8) is 0 Å². The second-order valence-corrected chi connectivity index (χ2v) is 5.29. The number of hydrogen-bond donors (Lipinski definition) is 3. The third-order valence-electron chi connectivity index (χ3n) is 2.99. The highest BCUT2D eigenvalue weighted by Crippen LogP contribution is 2.24. The quantitative estimate of drug-likeness (QED) is 0.792. The lowest BCUT2D eigenvalue weighted by molar-refractivity contribution is 0.187. The number of carbonyl (C=O) groups excluding carboxylic acids is 1. The standard InChI is InChI=1S/C14H19N3O2/c1-14(2,9-18)16-13(19)15-11-8-17(3)12-7-5-4-6-10(11)12/h4-8,18H,9H2,1-3H3,(H2,15,16,19). The van der Waals surface area contributed by atoms with Crippen molar-refractivity contribution in [2.24, 2.45) is 7.05 Å². The molecule has 0 radical (unpaired) electrons. The third-order valence-corrected chi connectivity index (χ3v) is 2.99. The van der Waals surface area contributed by atoms with Crippen molar-refractivity contribution in [2.75, 3.05) is 11.9 Å². The number of anilines is 1. The van der Waals surface area contributed by atoms with E-state index in [0.717, 1.165) is 16.6 Å². The normalized spacial score (nSPS) is 11.6. The summed E-state index contributed by atoms with van der Waals surface area (Å²) in [6.07, 6.45) is 1.87. The van der Waals surface area contributed by atoms with Gasteiger partial charge in [-0.25, -0.2) is 4.79 Å². The van der Waals surface area contributed by atoms with Gasteiger partial charge in [0.25, 0.3) is 0 Å². The molecule has 0 aliphatic rings. The molecular weight excluding hydrogens is 242 g/mol. The van der Waals surface area contributed by atoms with Crippen molar-refractivity contribution >= 4 is 22.6 Å². The fourth-order valence-corrected chi connectivity index (χ4v) is 1.94. The predicted octanol–water partition coefficient (Wildman–Crippen LogP) is 2.07. The summed E-state index contributed by atoms with van der Waals surface area (Å²) >= 11 is 0. The van der Waals surface area contributed by atoms with E-state index < -0.39 is 5.54 Å². The maximum absolute atomic E-state index is 11.9. The van der Waals surface area contributed by atoms with Crippen molar-refractivity contribution in [1.82, 2.24) is 9.88 Å². The summed E-state index contributed by atoms with van der Waals surface area (Å²) in [6.45, 7) is 3.40. The first kappa shape index (κ1) is 13.4. The molecule has 0 aliphatic carbocycles. The van der Waals surface area contributed by atoms with E-state index in [4.69, 9.17) is 5.11 Å². The molecule has 102 valence electrons. The molecule has 2 rings (SSSR count). The van der Waals surface area contributed by atoms with Gasteiger partial charge in [-0.2, -0.15) is 0 Å². The first-order valence-corrected chi connectivity index (χ1v) is 6.17. The largest absolute Gasteiger partial charge is 0.394 e. The molecule has 1 heterocycles. The van der Waals surface area contributed by atoms with Crippen LogP contribution in [0.25, 0.3) is 10.9 Å². The fraction of sp³-hybridized carbons (Fsp3) is 0.357. The number of fused-ring (bicyclic) bond motifs is 1. The van der Waals surface area contributed by atoms with Crippen LogP contribution in [0.2, 0.25) is 0 Å². The van der Waals surface area contributed by atoms with Gasteiger partial charge < -0.3 is 20.3 Å². The number of rotatable bonds is 3. The summed E-state index contributed by atoms with van der Waals surface area (Å²) in [6, 6.07) is 7.53. The summed E-state index contributed by atoms with van der Waals surface area (Å²) in [5.74, 6) is 0. The molecule has 1 aromatic carbocycles. The van der Waals surface area contributed by atoms with Crippen LogP contribution >= 0.6 is 0 Å². The highest BCUT2D eigenvalue weighted by atomic mass is 16.3. The Kier molecular flexibility index (Phi) is 3.48. The zero-order valence-electron chi connectivity index (χ0n) is 11.4. The molecule has 5 heteroatoms. The van der Waals surface area contributed by atoms with Gasteiger partial charge in [-0.15, -0.1) is 0 Å². The number of aromatic nitrogens is 1. The highest BCUT2D eigenvalue weighted by Gasteiger charge is 2.19. The first-order valence-electron chi connectivity index (χ1n) is 6.17. The van der Waals surface area contributed by atoms with Gasteiger partial charge in [-0.3, -0.25) is 0 Å². The van der Waals surface area contributed by atoms with E-state index in [9.17, 15) is 4.79 Å². The lowest BCUT2D eigenvalue weighted by atomic mass is 10.1. The van der Waals surface area contributed by atoms with E-state index in [1.54, 1.807) is 13.8 Å². The molecule has 2 amide bonds. The Balaban J connectivity index is 2.20. The number of hydrogen-bond acceptors (Lipinski definition) is 2. The Labute approximate surface area is 112 Å². The van der Waals surface area contributed by atoms with E-state index in [1.165, 1.54) is 0 Å². The van der Waals surface area contributed by atoms with Crippen LogP contribution in [-0.2, 0) is 7.05 Å². The third kappa shape index (κ3) is 2.88. The molecule has 3 N–H and O–H groups in total. The van der Waals surface area contributed by atoms with Gasteiger partial charge in [0.1, 0.15) is 0 Å². The van der Waals surface area contributed by atoms with Crippen LogP contribution < -0.4 is 10.6 Å². The number of benzene rings is 1. The molecule has 0 aliphatic heterocycles. The van der Waals surface area contributed by atoms with E-state index in [1.807, 2.05) is 42.1 Å². The average molecular weight is 261 g/mol. The number of aryl methyl sites for hydroxylation is 1. The van der Waals surface area contributed by atoms with Gasteiger partial charge in [0.2, 0.25) is 0 Å². The molecule has 0 atom stereocenters. The molecule has 1 aromatic heterocycles. The Bertz CT molecular complexity index is 602. The number of aliphatic hydroxyl groups is 1. The Morgan fingerprint density at radius 1 is 1.37 bits per heavy atom. The molecule has 0 saturated heterocycles. The van der Waals surface area contributed by atoms with Crippen molar-refractivity contribution < 1.29 is 9.90 Å². The summed E-state index contributed by atoms with van der Waals surface area (Å²) in [5, 5.41) is 15.7. The number of nitrogens with zero attached hydrogens (tertiary/aromatic N) is 1. The average Bonchev–Trinajstić information content (AvgIpc) is 2.66. The Morgan fingerprint density at radius 2 is 2.05 bits per heavy atom. The molecule has 0 bridgehead atoms. The van der Waals surface area contributed by atoms with Gasteiger partial charge in [-0.05, 0) is 19.9 Å². The monoisotopic (exact) mass is 261 g/mol. The minimum atomic E-state index is -0.644. The Hall–Kier alpha value is -2.01. The van der Waals surface area contributed by atoms with Gasteiger partial charge in [-0.1, -0.05) is 18.2 Å². The minimum absolute atomic E-state index is 0.115. The lowest BCUT2D eigenvalue weighted by Crippen LogP contribution is -2.48. The van der Waals surface area contributed by atoms with Crippen LogP contribution in [0, 0.1) is 0 Å². The number of para-hydroxylation sites is 1. The minimum Gasteiger partial charge on any atom is -0.394 e. The van der Waals surface area contributed by atoms with E-state index in [2.05, 4.69) is 10.6 Å². The number of amides is 2. The lowest BCUT2D eigenvalue weighted by Gasteiger charge is -2.23. The van der Waals surface area contributed by atoms with Crippen LogP contribution in [0.3, 0.4) is 0 Å². The highest BCUT2D eigenvalue weighted by molar-refractivity contribution is 6.01. The molecule has 0 saturated carbocycles. The fourth-order valence-electron chi connectivity index (χ4n) is 1.94. The second-order valence-electron chi connectivity index (χ2n) is 5.29. The van der Waals surface area contributed by atoms with E-state index >= 15 is 0 Å². The number of urea groups is 1. The zero-order valence-corrected chi connectivity index (χ0v) is 11.4. The van der Waals surface area contributed by atoms with Crippen LogP contribution in [0.4, 0.5) is 10.5 Å². The van der Waals surface area contributed by atoms with Gasteiger partial charge in [0, 0.05) is 24.1 Å². The van der Waals surface area contributed by atoms with Crippen LogP contribution in [0.5, 0.6) is 0 Å². The molecule has 5 nitrogen and oxygen atoms in total. The van der Waals surface area contributed by atoms with E-state index in [0.29, 0.717) is 0 Å². The second kappa shape index (κ2) is 4.93. The summed E-state index contributed by atoms with van der Waals surface area (Å²) in [4.78, 5) is 11.9. The Morgan fingerprint density at radius 3 is 2.74 bits per heavy atom. The molecular formula is C14H19N3O2. The molecule has 0 spiro atoms. The SMILES string of the molecule is Cn1cc(NC(=O)NC(C)(C)CO)c2ccccc21. The first-order chi connectivity index (χ1) is 8.93. The molecule has 0 unspecified atom stereocenters. The van der Waals surface area contributed by atoms with Gasteiger partial charge in [0.15, 0.2) is 0 Å². The van der Waals surface area contributed by atoms with Crippen LogP contribution in [0.15, 0.2) is 30.5 Å². The summed E-state index contributed by atoms with van der Waals surface area (Å²) in [5.41, 5.74) is 1.16. The maximum Gasteiger partial charge on any atom is 0.319 e. The molecule has 0 fully saturated rings. The van der Waals surface area contributed by atoms with Gasteiger partial charge in [0.05, 0.1) is 17.8 Å².